The second kappa shape index (κ2) is 9.30. The second-order valence-electron chi connectivity index (χ2n) is 5.19. The Hall–Kier alpha value is -0.670. The first-order valence-electron chi connectivity index (χ1n) is 7.67. The van der Waals surface area contributed by atoms with Crippen LogP contribution in [0.2, 0.25) is 0 Å². The van der Waals surface area contributed by atoms with Crippen molar-refractivity contribution in [1.82, 2.24) is 5.32 Å². The van der Waals surface area contributed by atoms with Gasteiger partial charge in [-0.25, -0.2) is 0 Å². The Kier molecular flexibility index (Phi) is 8.08. The molecule has 1 rings (SSSR count). The first-order chi connectivity index (χ1) is 9.69. The lowest BCUT2D eigenvalue weighted by atomic mass is 10.0. The monoisotopic (exact) mass is 295 g/mol. The predicted molar refractivity (Wildman–Crippen MR) is 90.8 cm³/mol. The van der Waals surface area contributed by atoms with Crippen molar-refractivity contribution in [2.75, 3.05) is 19.4 Å². The third-order valence-corrected chi connectivity index (χ3v) is 5.48. The molecule has 0 radical (unpaired) electrons. The predicted octanol–water partition coefficient (Wildman–Crippen LogP) is 4.49. The number of nitrogens with one attached hydrogen (secondary N) is 1. The van der Waals surface area contributed by atoms with E-state index < -0.39 is 0 Å². The molecule has 0 unspecified atom stereocenters. The van der Waals surface area contributed by atoms with E-state index in [4.69, 9.17) is 4.74 Å². The van der Waals surface area contributed by atoms with Gasteiger partial charge in [0.25, 0.3) is 0 Å². The number of rotatable bonds is 10. The van der Waals surface area contributed by atoms with Gasteiger partial charge in [-0.1, -0.05) is 32.9 Å². The molecule has 1 aromatic carbocycles. The van der Waals surface area contributed by atoms with Crippen LogP contribution in [0, 0.1) is 0 Å². The van der Waals surface area contributed by atoms with Gasteiger partial charge in [-0.3, -0.25) is 0 Å². The Morgan fingerprint density at radius 3 is 2.25 bits per heavy atom. The highest BCUT2D eigenvalue weighted by Gasteiger charge is 2.23. The summed E-state index contributed by atoms with van der Waals surface area (Å²) in [5.41, 5.74) is 1.32. The van der Waals surface area contributed by atoms with Gasteiger partial charge < -0.3 is 10.1 Å². The number of ether oxygens (including phenoxy) is 1. The zero-order valence-corrected chi connectivity index (χ0v) is 14.2. The molecule has 1 aromatic rings. The number of hydrogen-bond acceptors (Lipinski definition) is 3. The third-order valence-electron chi connectivity index (χ3n) is 3.89. The summed E-state index contributed by atoms with van der Waals surface area (Å²) in [6.45, 7) is 9.47. The summed E-state index contributed by atoms with van der Waals surface area (Å²) in [5.74, 6) is 0.969. The minimum Gasteiger partial charge on any atom is -0.494 e. The van der Waals surface area contributed by atoms with Gasteiger partial charge >= 0.3 is 0 Å². The molecule has 20 heavy (non-hydrogen) atoms. The molecule has 0 atom stereocenters. The maximum Gasteiger partial charge on any atom is 0.119 e. The van der Waals surface area contributed by atoms with Crippen LogP contribution in [0.4, 0.5) is 0 Å². The van der Waals surface area contributed by atoms with Crippen LogP contribution < -0.4 is 10.1 Å². The van der Waals surface area contributed by atoms with E-state index in [1.165, 1.54) is 18.4 Å². The van der Waals surface area contributed by atoms with Crippen molar-refractivity contribution in [1.29, 1.82) is 0 Å². The van der Waals surface area contributed by atoms with Gasteiger partial charge in [0.1, 0.15) is 5.75 Å². The van der Waals surface area contributed by atoms with Crippen LogP contribution in [0.5, 0.6) is 5.75 Å². The number of thioether (sulfide) groups is 1. The van der Waals surface area contributed by atoms with Crippen LogP contribution in [0.3, 0.4) is 0 Å². The summed E-state index contributed by atoms with van der Waals surface area (Å²) in [5, 5.41) is 3.60. The second-order valence-corrected chi connectivity index (χ2v) is 6.46. The summed E-state index contributed by atoms with van der Waals surface area (Å²) in [6, 6.07) is 8.43. The molecule has 0 aromatic heterocycles. The molecule has 114 valence electrons. The van der Waals surface area contributed by atoms with Crippen LogP contribution in [0.1, 0.15) is 45.6 Å². The van der Waals surface area contributed by atoms with Crippen LogP contribution in [0.15, 0.2) is 24.3 Å². The van der Waals surface area contributed by atoms with Crippen molar-refractivity contribution in [3.05, 3.63) is 29.8 Å². The van der Waals surface area contributed by atoms with Crippen LogP contribution in [-0.4, -0.2) is 24.2 Å². The summed E-state index contributed by atoms with van der Waals surface area (Å²) in [4.78, 5) is 0. The van der Waals surface area contributed by atoms with E-state index in [1.807, 2.05) is 11.8 Å². The molecule has 0 saturated heterocycles. The van der Waals surface area contributed by atoms with Crippen molar-refractivity contribution in [2.24, 2.45) is 0 Å². The Balaban J connectivity index is 2.41. The van der Waals surface area contributed by atoms with Crippen molar-refractivity contribution in [2.45, 2.75) is 51.3 Å². The molecule has 0 heterocycles. The van der Waals surface area contributed by atoms with Gasteiger partial charge in [-0.15, -0.1) is 0 Å². The first-order valence-corrected chi connectivity index (χ1v) is 8.89. The maximum atomic E-state index is 5.60. The van der Waals surface area contributed by atoms with E-state index in [2.05, 4.69) is 56.6 Å². The summed E-state index contributed by atoms with van der Waals surface area (Å²) in [6.07, 6.45) is 5.69. The zero-order chi connectivity index (χ0) is 14.8. The largest absolute Gasteiger partial charge is 0.494 e. The fourth-order valence-corrected chi connectivity index (χ4v) is 3.04. The normalized spacial score (nSPS) is 11.6. The summed E-state index contributed by atoms with van der Waals surface area (Å²) < 4.78 is 5.98. The lowest BCUT2D eigenvalue weighted by molar-refractivity contribution is 0.317. The van der Waals surface area contributed by atoms with Gasteiger partial charge in [-0.05, 0) is 43.2 Å². The molecule has 3 heteroatoms. The van der Waals surface area contributed by atoms with Gasteiger partial charge in [0, 0.05) is 17.8 Å². The minimum atomic E-state index is 0.379. The molecule has 0 spiro atoms. The van der Waals surface area contributed by atoms with E-state index in [9.17, 15) is 0 Å². The molecule has 0 aliphatic rings. The molecule has 2 nitrogen and oxygen atoms in total. The fourth-order valence-electron chi connectivity index (χ4n) is 2.22. The van der Waals surface area contributed by atoms with E-state index in [0.717, 1.165) is 31.9 Å². The molecular formula is C17H29NOS. The SMILES string of the molecule is CCCOc1ccc(CNCC(CC)(CC)SC)cc1. The molecule has 0 fully saturated rings. The van der Waals surface area contributed by atoms with E-state index >= 15 is 0 Å². The standard InChI is InChI=1S/C17H29NOS/c1-5-12-19-16-10-8-15(9-11-16)13-18-14-17(6-2,7-3)20-4/h8-11,18H,5-7,12-14H2,1-4H3. The Labute approximate surface area is 128 Å². The van der Waals surface area contributed by atoms with Crippen LogP contribution in [0.25, 0.3) is 0 Å². The van der Waals surface area contributed by atoms with Gasteiger partial charge in [0.15, 0.2) is 0 Å². The molecule has 0 aliphatic carbocycles. The lowest BCUT2D eigenvalue weighted by Crippen LogP contribution is -2.36. The average molecular weight is 295 g/mol. The highest BCUT2D eigenvalue weighted by atomic mass is 32.2. The van der Waals surface area contributed by atoms with Gasteiger partial charge in [0.05, 0.1) is 6.61 Å². The quantitative estimate of drug-likeness (QED) is 0.687. The highest BCUT2D eigenvalue weighted by molar-refractivity contribution is 8.00. The lowest BCUT2D eigenvalue weighted by Gasteiger charge is -2.30. The number of benzene rings is 1. The zero-order valence-electron chi connectivity index (χ0n) is 13.4. The molecule has 0 amide bonds. The van der Waals surface area contributed by atoms with Crippen molar-refractivity contribution in [3.63, 3.8) is 0 Å². The molecule has 0 bridgehead atoms. The highest BCUT2D eigenvalue weighted by Crippen LogP contribution is 2.29. The van der Waals surface area contributed by atoms with Crippen molar-refractivity contribution < 1.29 is 4.74 Å². The first kappa shape index (κ1) is 17.4. The maximum absolute atomic E-state index is 5.60. The molecule has 1 N–H and O–H groups in total. The van der Waals surface area contributed by atoms with Gasteiger partial charge in [0.2, 0.25) is 0 Å². The average Bonchev–Trinajstić information content (AvgIpc) is 2.51. The fraction of sp³-hybridized carbons (Fsp3) is 0.647. The van der Waals surface area contributed by atoms with Crippen LogP contribution >= 0.6 is 11.8 Å². The van der Waals surface area contributed by atoms with Crippen molar-refractivity contribution >= 4 is 11.8 Å². The van der Waals surface area contributed by atoms with Crippen molar-refractivity contribution in [3.8, 4) is 5.75 Å². The summed E-state index contributed by atoms with van der Waals surface area (Å²) in [7, 11) is 0. The van der Waals surface area contributed by atoms with Gasteiger partial charge in [-0.2, -0.15) is 11.8 Å². The molecule has 0 saturated carbocycles. The Morgan fingerprint density at radius 1 is 1.10 bits per heavy atom. The molecule has 0 aliphatic heterocycles. The molecular weight excluding hydrogens is 266 g/mol. The Bertz CT molecular complexity index is 351. The summed E-state index contributed by atoms with van der Waals surface area (Å²) >= 11 is 1.98. The van der Waals surface area contributed by atoms with E-state index in [-0.39, 0.29) is 0 Å². The van der Waals surface area contributed by atoms with E-state index in [1.54, 1.807) is 0 Å². The van der Waals surface area contributed by atoms with E-state index in [0.29, 0.717) is 4.75 Å². The van der Waals surface area contributed by atoms with Crippen LogP contribution in [-0.2, 0) is 6.54 Å². The number of hydrogen-bond donors (Lipinski definition) is 1. The topological polar surface area (TPSA) is 21.3 Å². The smallest absolute Gasteiger partial charge is 0.119 e. The third kappa shape index (κ3) is 5.37. The minimum absolute atomic E-state index is 0.379. The Morgan fingerprint density at radius 2 is 1.75 bits per heavy atom.